The van der Waals surface area contributed by atoms with Crippen LogP contribution >= 0.6 is 11.3 Å². The molecule has 1 atom stereocenters. The lowest BCUT2D eigenvalue weighted by molar-refractivity contribution is 0.167. The third-order valence-electron chi connectivity index (χ3n) is 2.58. The molecule has 2 heterocycles. The second-order valence-corrected chi connectivity index (χ2v) is 4.64. The Labute approximate surface area is 83.6 Å². The van der Waals surface area contributed by atoms with Gasteiger partial charge in [-0.05, 0) is 18.4 Å². The fourth-order valence-corrected chi connectivity index (χ4v) is 2.45. The first-order chi connectivity index (χ1) is 6.36. The third-order valence-corrected chi connectivity index (χ3v) is 3.44. The summed E-state index contributed by atoms with van der Waals surface area (Å²) in [7, 11) is 0. The van der Waals surface area contributed by atoms with Crippen molar-refractivity contribution < 1.29 is 0 Å². The summed E-state index contributed by atoms with van der Waals surface area (Å²) in [5.41, 5.74) is 0. The molecular formula is C10H16N2S. The van der Waals surface area contributed by atoms with E-state index in [1.807, 2.05) is 11.3 Å². The van der Waals surface area contributed by atoms with Gasteiger partial charge in [0.1, 0.15) is 0 Å². The van der Waals surface area contributed by atoms with Crippen LogP contribution in [0.4, 0.5) is 0 Å². The molecule has 1 aromatic heterocycles. The zero-order valence-corrected chi connectivity index (χ0v) is 8.81. The van der Waals surface area contributed by atoms with E-state index in [0.717, 1.165) is 19.6 Å². The highest BCUT2D eigenvalue weighted by Crippen LogP contribution is 2.14. The van der Waals surface area contributed by atoms with Crippen molar-refractivity contribution >= 4 is 11.3 Å². The van der Waals surface area contributed by atoms with Gasteiger partial charge in [0.05, 0.1) is 0 Å². The maximum absolute atomic E-state index is 3.41. The van der Waals surface area contributed by atoms with Gasteiger partial charge in [-0.2, -0.15) is 0 Å². The van der Waals surface area contributed by atoms with Gasteiger partial charge in [0.2, 0.25) is 0 Å². The number of nitrogens with one attached hydrogen (secondary N) is 1. The number of piperazine rings is 1. The van der Waals surface area contributed by atoms with E-state index < -0.39 is 0 Å². The number of rotatable bonds is 2. The van der Waals surface area contributed by atoms with E-state index in [9.17, 15) is 0 Å². The summed E-state index contributed by atoms with van der Waals surface area (Å²) < 4.78 is 0. The van der Waals surface area contributed by atoms with Gasteiger partial charge < -0.3 is 5.32 Å². The van der Waals surface area contributed by atoms with Crippen molar-refractivity contribution in [1.82, 2.24) is 10.2 Å². The van der Waals surface area contributed by atoms with E-state index in [0.29, 0.717) is 6.04 Å². The summed E-state index contributed by atoms with van der Waals surface area (Å²) in [6.07, 6.45) is 0. The Balaban J connectivity index is 1.93. The van der Waals surface area contributed by atoms with E-state index in [4.69, 9.17) is 0 Å². The molecule has 0 bridgehead atoms. The quantitative estimate of drug-likeness (QED) is 0.772. The molecule has 0 radical (unpaired) electrons. The van der Waals surface area contributed by atoms with Crippen molar-refractivity contribution in [3.05, 3.63) is 22.4 Å². The average molecular weight is 196 g/mol. The molecule has 72 valence electrons. The van der Waals surface area contributed by atoms with Gasteiger partial charge in [-0.25, -0.2) is 0 Å². The van der Waals surface area contributed by atoms with E-state index in [-0.39, 0.29) is 0 Å². The topological polar surface area (TPSA) is 15.3 Å². The number of hydrogen-bond donors (Lipinski definition) is 1. The van der Waals surface area contributed by atoms with Crippen LogP contribution in [-0.4, -0.2) is 30.6 Å². The van der Waals surface area contributed by atoms with Crippen LogP contribution in [0.3, 0.4) is 0 Å². The van der Waals surface area contributed by atoms with Gasteiger partial charge in [-0.3, -0.25) is 4.90 Å². The molecule has 3 heteroatoms. The Morgan fingerprint density at radius 1 is 1.69 bits per heavy atom. The molecule has 0 amide bonds. The molecule has 2 rings (SSSR count). The van der Waals surface area contributed by atoms with Crippen LogP contribution in [0.25, 0.3) is 0 Å². The Bertz CT molecular complexity index is 245. The molecule has 1 saturated heterocycles. The molecule has 13 heavy (non-hydrogen) atoms. The van der Waals surface area contributed by atoms with Crippen LogP contribution in [0, 0.1) is 0 Å². The molecule has 2 nitrogen and oxygen atoms in total. The number of hydrogen-bond acceptors (Lipinski definition) is 3. The molecule has 0 spiro atoms. The van der Waals surface area contributed by atoms with Crippen molar-refractivity contribution in [3.8, 4) is 0 Å². The lowest BCUT2D eigenvalue weighted by atomic mass is 10.2. The van der Waals surface area contributed by atoms with Crippen LogP contribution in [0.1, 0.15) is 11.8 Å². The third kappa shape index (κ3) is 2.30. The molecule has 1 aliphatic heterocycles. The molecule has 1 fully saturated rings. The second-order valence-electron chi connectivity index (χ2n) is 3.60. The predicted octanol–water partition coefficient (Wildman–Crippen LogP) is 1.54. The first kappa shape index (κ1) is 9.19. The molecule has 1 aliphatic rings. The zero-order valence-electron chi connectivity index (χ0n) is 7.99. The van der Waals surface area contributed by atoms with Gasteiger partial charge in [0.25, 0.3) is 0 Å². The second kappa shape index (κ2) is 4.22. The first-order valence-corrected chi connectivity index (χ1v) is 5.71. The Morgan fingerprint density at radius 3 is 3.31 bits per heavy atom. The minimum Gasteiger partial charge on any atom is -0.314 e. The summed E-state index contributed by atoms with van der Waals surface area (Å²) in [5, 5.41) is 5.56. The van der Waals surface area contributed by atoms with Crippen molar-refractivity contribution in [2.24, 2.45) is 0 Å². The van der Waals surface area contributed by atoms with Crippen LogP contribution in [0.2, 0.25) is 0 Å². The molecular weight excluding hydrogens is 180 g/mol. The molecule has 1 N–H and O–H groups in total. The fourth-order valence-electron chi connectivity index (χ4n) is 1.72. The van der Waals surface area contributed by atoms with Gasteiger partial charge in [-0.1, -0.05) is 6.07 Å². The standard InChI is InChI=1S/C10H16N2S/c1-9-7-11-4-5-12(9)8-10-3-2-6-13-10/h2-3,6,9,11H,4-5,7-8H2,1H3. The highest BCUT2D eigenvalue weighted by molar-refractivity contribution is 7.09. The summed E-state index contributed by atoms with van der Waals surface area (Å²) in [6, 6.07) is 5.03. The zero-order chi connectivity index (χ0) is 9.10. The van der Waals surface area contributed by atoms with Gasteiger partial charge >= 0.3 is 0 Å². The van der Waals surface area contributed by atoms with Crippen molar-refractivity contribution in [2.45, 2.75) is 19.5 Å². The van der Waals surface area contributed by atoms with Gasteiger partial charge in [0.15, 0.2) is 0 Å². The highest BCUT2D eigenvalue weighted by Gasteiger charge is 2.17. The number of thiophene rings is 1. The lowest BCUT2D eigenvalue weighted by Crippen LogP contribution is -2.49. The minimum absolute atomic E-state index is 0.677. The number of nitrogens with zero attached hydrogens (tertiary/aromatic N) is 1. The summed E-state index contributed by atoms with van der Waals surface area (Å²) in [6.45, 7) is 6.86. The SMILES string of the molecule is CC1CNCCN1Cc1cccs1. The van der Waals surface area contributed by atoms with Crippen LogP contribution in [-0.2, 0) is 6.54 Å². The highest BCUT2D eigenvalue weighted by atomic mass is 32.1. The van der Waals surface area contributed by atoms with Crippen molar-refractivity contribution in [2.75, 3.05) is 19.6 Å². The lowest BCUT2D eigenvalue weighted by Gasteiger charge is -2.33. The van der Waals surface area contributed by atoms with Gasteiger partial charge in [0, 0.05) is 37.1 Å². The average Bonchev–Trinajstić information content (AvgIpc) is 2.61. The maximum atomic E-state index is 3.41. The molecule has 0 aliphatic carbocycles. The Hall–Kier alpha value is -0.380. The molecule has 0 aromatic carbocycles. The predicted molar refractivity (Wildman–Crippen MR) is 57.1 cm³/mol. The van der Waals surface area contributed by atoms with Crippen LogP contribution < -0.4 is 5.32 Å². The van der Waals surface area contributed by atoms with E-state index >= 15 is 0 Å². The maximum Gasteiger partial charge on any atom is 0.0331 e. The summed E-state index contributed by atoms with van der Waals surface area (Å²) in [5.74, 6) is 0. The van der Waals surface area contributed by atoms with Crippen LogP contribution in [0.15, 0.2) is 17.5 Å². The smallest absolute Gasteiger partial charge is 0.0331 e. The Morgan fingerprint density at radius 2 is 2.62 bits per heavy atom. The molecule has 0 saturated carbocycles. The Kier molecular flexibility index (Phi) is 2.98. The van der Waals surface area contributed by atoms with Crippen LogP contribution in [0.5, 0.6) is 0 Å². The molecule has 1 aromatic rings. The largest absolute Gasteiger partial charge is 0.314 e. The van der Waals surface area contributed by atoms with E-state index in [2.05, 4.69) is 34.7 Å². The molecule has 1 unspecified atom stereocenters. The van der Waals surface area contributed by atoms with Crippen molar-refractivity contribution in [3.63, 3.8) is 0 Å². The summed E-state index contributed by atoms with van der Waals surface area (Å²) in [4.78, 5) is 4.02. The van der Waals surface area contributed by atoms with E-state index in [1.165, 1.54) is 11.4 Å². The summed E-state index contributed by atoms with van der Waals surface area (Å²) >= 11 is 1.86. The normalized spacial score (nSPS) is 24.8. The van der Waals surface area contributed by atoms with E-state index in [1.54, 1.807) is 0 Å². The van der Waals surface area contributed by atoms with Gasteiger partial charge in [-0.15, -0.1) is 11.3 Å². The fraction of sp³-hybridized carbons (Fsp3) is 0.600. The first-order valence-electron chi connectivity index (χ1n) is 4.83. The monoisotopic (exact) mass is 196 g/mol. The minimum atomic E-state index is 0.677. The van der Waals surface area contributed by atoms with Crippen molar-refractivity contribution in [1.29, 1.82) is 0 Å².